The fourth-order valence-corrected chi connectivity index (χ4v) is 1.87. The molecular formula is C10H20N2O2. The van der Waals surface area contributed by atoms with Gasteiger partial charge in [0.2, 0.25) is 0 Å². The Hall–Kier alpha value is -0.610. The second-order valence-corrected chi connectivity index (χ2v) is 4.17. The highest BCUT2D eigenvalue weighted by Gasteiger charge is 2.33. The number of methoxy groups -OCH3 is 1. The van der Waals surface area contributed by atoms with E-state index in [1.54, 1.807) is 0 Å². The quantitative estimate of drug-likeness (QED) is 0.648. The van der Waals surface area contributed by atoms with Gasteiger partial charge in [-0.3, -0.25) is 9.69 Å². The Bertz CT molecular complexity index is 206. The molecule has 1 aliphatic rings. The molecular weight excluding hydrogens is 180 g/mol. The summed E-state index contributed by atoms with van der Waals surface area (Å²) in [4.78, 5) is 13.7. The maximum absolute atomic E-state index is 11.4. The Labute approximate surface area is 85.4 Å². The summed E-state index contributed by atoms with van der Waals surface area (Å²) in [6.07, 6.45) is 0.873. The summed E-state index contributed by atoms with van der Waals surface area (Å²) < 4.78 is 4.74. The Kier molecular flexibility index (Phi) is 3.89. The zero-order chi connectivity index (χ0) is 10.7. The number of carbonyl (C=O) groups is 1. The smallest absolute Gasteiger partial charge is 0.311 e. The molecule has 0 saturated carbocycles. The summed E-state index contributed by atoms with van der Waals surface area (Å²) in [5.74, 6) is -0.334. The van der Waals surface area contributed by atoms with E-state index in [1.165, 1.54) is 7.11 Å². The molecule has 14 heavy (non-hydrogen) atoms. The molecule has 1 rings (SSSR count). The third-order valence-electron chi connectivity index (χ3n) is 2.93. The number of nitrogens with zero attached hydrogens (tertiary/aromatic N) is 1. The molecule has 4 nitrogen and oxygen atoms in total. The van der Waals surface area contributed by atoms with Crippen LogP contribution in [0.5, 0.6) is 0 Å². The van der Waals surface area contributed by atoms with Crippen molar-refractivity contribution in [1.29, 1.82) is 0 Å². The van der Waals surface area contributed by atoms with Gasteiger partial charge in [0, 0.05) is 18.6 Å². The molecule has 0 aromatic carbocycles. The van der Waals surface area contributed by atoms with Crippen molar-refractivity contribution in [2.75, 3.05) is 20.2 Å². The van der Waals surface area contributed by atoms with E-state index in [9.17, 15) is 4.79 Å². The van der Waals surface area contributed by atoms with Crippen molar-refractivity contribution in [2.24, 2.45) is 11.7 Å². The highest BCUT2D eigenvalue weighted by Crippen LogP contribution is 2.18. The number of nitrogens with two attached hydrogens (primary N) is 1. The van der Waals surface area contributed by atoms with Crippen LogP contribution in [0.3, 0.4) is 0 Å². The molecule has 1 unspecified atom stereocenters. The van der Waals surface area contributed by atoms with Crippen molar-refractivity contribution in [2.45, 2.75) is 32.4 Å². The predicted octanol–water partition coefficient (Wildman–Crippen LogP) is 0.217. The highest BCUT2D eigenvalue weighted by molar-refractivity contribution is 5.73. The SMILES string of the molecule is COC(=O)C1CN(C(C)C)CC[C@H]1N. The fourth-order valence-electron chi connectivity index (χ4n) is 1.87. The Morgan fingerprint density at radius 1 is 1.57 bits per heavy atom. The van der Waals surface area contributed by atoms with Crippen LogP contribution in [0.4, 0.5) is 0 Å². The van der Waals surface area contributed by atoms with Crippen LogP contribution in [0.25, 0.3) is 0 Å². The molecule has 4 heteroatoms. The van der Waals surface area contributed by atoms with E-state index in [-0.39, 0.29) is 17.9 Å². The largest absolute Gasteiger partial charge is 0.469 e. The average molecular weight is 200 g/mol. The van der Waals surface area contributed by atoms with Crippen LogP contribution in [0, 0.1) is 5.92 Å². The molecule has 0 spiro atoms. The van der Waals surface area contributed by atoms with Gasteiger partial charge in [-0.25, -0.2) is 0 Å². The molecule has 1 fully saturated rings. The Balaban J connectivity index is 2.59. The number of ether oxygens (including phenoxy) is 1. The zero-order valence-electron chi connectivity index (χ0n) is 9.19. The second kappa shape index (κ2) is 4.75. The van der Waals surface area contributed by atoms with Crippen LogP contribution in [-0.4, -0.2) is 43.2 Å². The van der Waals surface area contributed by atoms with Crippen molar-refractivity contribution >= 4 is 5.97 Å². The lowest BCUT2D eigenvalue weighted by atomic mass is 9.92. The van der Waals surface area contributed by atoms with Crippen LogP contribution in [0.1, 0.15) is 20.3 Å². The molecule has 0 aromatic rings. The van der Waals surface area contributed by atoms with Crippen LogP contribution < -0.4 is 5.73 Å². The van der Waals surface area contributed by atoms with Crippen LogP contribution >= 0.6 is 0 Å². The molecule has 0 radical (unpaired) electrons. The first kappa shape index (κ1) is 11.5. The molecule has 1 aliphatic heterocycles. The molecule has 0 bridgehead atoms. The lowest BCUT2D eigenvalue weighted by molar-refractivity contribution is -0.148. The van der Waals surface area contributed by atoms with Gasteiger partial charge in [0.05, 0.1) is 13.0 Å². The standard InChI is InChI=1S/C10H20N2O2/c1-7(2)12-5-4-9(11)8(6-12)10(13)14-3/h7-9H,4-6,11H2,1-3H3/t8?,9-/m1/s1. The molecule has 0 aliphatic carbocycles. The van der Waals surface area contributed by atoms with E-state index < -0.39 is 0 Å². The molecule has 82 valence electrons. The van der Waals surface area contributed by atoms with E-state index in [1.807, 2.05) is 0 Å². The van der Waals surface area contributed by atoms with Crippen LogP contribution in [0.15, 0.2) is 0 Å². The van der Waals surface area contributed by atoms with Crippen molar-refractivity contribution in [3.63, 3.8) is 0 Å². The number of piperidine rings is 1. The third kappa shape index (κ3) is 2.45. The summed E-state index contributed by atoms with van der Waals surface area (Å²) in [5, 5.41) is 0. The summed E-state index contributed by atoms with van der Waals surface area (Å²) in [6, 6.07) is 0.423. The summed E-state index contributed by atoms with van der Waals surface area (Å²) >= 11 is 0. The zero-order valence-corrected chi connectivity index (χ0v) is 9.19. The van der Waals surface area contributed by atoms with Gasteiger partial charge in [-0.15, -0.1) is 0 Å². The summed E-state index contributed by atoms with van der Waals surface area (Å²) in [5.41, 5.74) is 5.89. The van der Waals surface area contributed by atoms with E-state index in [0.29, 0.717) is 6.04 Å². The van der Waals surface area contributed by atoms with Crippen molar-refractivity contribution in [3.8, 4) is 0 Å². The second-order valence-electron chi connectivity index (χ2n) is 4.17. The molecule has 1 saturated heterocycles. The highest BCUT2D eigenvalue weighted by atomic mass is 16.5. The predicted molar refractivity (Wildman–Crippen MR) is 54.8 cm³/mol. The van der Waals surface area contributed by atoms with Crippen molar-refractivity contribution < 1.29 is 9.53 Å². The summed E-state index contributed by atoms with van der Waals surface area (Å²) in [7, 11) is 1.42. The number of carbonyl (C=O) groups excluding carboxylic acids is 1. The minimum atomic E-state index is -0.178. The maximum Gasteiger partial charge on any atom is 0.311 e. The lowest BCUT2D eigenvalue weighted by Gasteiger charge is -2.37. The van der Waals surface area contributed by atoms with Gasteiger partial charge in [-0.1, -0.05) is 0 Å². The number of hydrogen-bond donors (Lipinski definition) is 1. The molecule has 2 atom stereocenters. The van der Waals surface area contributed by atoms with Crippen LogP contribution in [0.2, 0.25) is 0 Å². The number of rotatable bonds is 2. The molecule has 0 amide bonds. The monoisotopic (exact) mass is 200 g/mol. The van der Waals surface area contributed by atoms with E-state index in [4.69, 9.17) is 10.5 Å². The normalized spacial score (nSPS) is 29.2. The van der Waals surface area contributed by atoms with Crippen LogP contribution in [-0.2, 0) is 9.53 Å². The third-order valence-corrected chi connectivity index (χ3v) is 2.93. The van der Waals surface area contributed by atoms with Crippen molar-refractivity contribution in [1.82, 2.24) is 4.90 Å². The fraction of sp³-hybridized carbons (Fsp3) is 0.900. The minimum Gasteiger partial charge on any atom is -0.469 e. The first-order valence-corrected chi connectivity index (χ1v) is 5.13. The Morgan fingerprint density at radius 2 is 2.21 bits per heavy atom. The van der Waals surface area contributed by atoms with Crippen molar-refractivity contribution in [3.05, 3.63) is 0 Å². The summed E-state index contributed by atoms with van der Waals surface area (Å²) in [6.45, 7) is 5.97. The van der Waals surface area contributed by atoms with E-state index in [2.05, 4.69) is 18.7 Å². The number of esters is 1. The number of likely N-dealkylation sites (tertiary alicyclic amines) is 1. The maximum atomic E-state index is 11.4. The Morgan fingerprint density at radius 3 is 2.71 bits per heavy atom. The van der Waals surface area contributed by atoms with E-state index in [0.717, 1.165) is 19.5 Å². The minimum absolute atomic E-state index is 0.0440. The molecule has 0 aromatic heterocycles. The van der Waals surface area contributed by atoms with Gasteiger partial charge < -0.3 is 10.5 Å². The molecule has 2 N–H and O–H groups in total. The van der Waals surface area contributed by atoms with Gasteiger partial charge in [0.15, 0.2) is 0 Å². The van der Waals surface area contributed by atoms with E-state index >= 15 is 0 Å². The van der Waals surface area contributed by atoms with Gasteiger partial charge in [0.1, 0.15) is 0 Å². The van der Waals surface area contributed by atoms with Gasteiger partial charge >= 0.3 is 5.97 Å². The first-order chi connectivity index (χ1) is 6.56. The van der Waals surface area contributed by atoms with Gasteiger partial charge in [-0.2, -0.15) is 0 Å². The number of hydrogen-bond acceptors (Lipinski definition) is 4. The average Bonchev–Trinajstić information content (AvgIpc) is 2.17. The topological polar surface area (TPSA) is 55.6 Å². The van der Waals surface area contributed by atoms with Gasteiger partial charge in [0.25, 0.3) is 0 Å². The molecule has 1 heterocycles. The first-order valence-electron chi connectivity index (χ1n) is 5.13. The van der Waals surface area contributed by atoms with Gasteiger partial charge in [-0.05, 0) is 26.8 Å². The lowest BCUT2D eigenvalue weighted by Crippen LogP contribution is -2.52.